The molecule has 11 aromatic rings. The summed E-state index contributed by atoms with van der Waals surface area (Å²) < 4.78 is 6.59. The second-order valence-corrected chi connectivity index (χ2v) is 15.3. The molecule has 1 aromatic heterocycles. The molecule has 0 amide bonds. The average molecular weight is 766 g/mol. The Balaban J connectivity index is 0.995. The Hall–Kier alpha value is -7.94. The van der Waals surface area contributed by atoms with Gasteiger partial charge in [-0.05, 0) is 104 Å². The van der Waals surface area contributed by atoms with Crippen molar-refractivity contribution in [1.82, 2.24) is 0 Å². The van der Waals surface area contributed by atoms with E-state index in [0.29, 0.717) is 0 Å². The fraction of sp³-hybridized carbons (Fsp3) is 0. The molecule has 0 N–H and O–H groups in total. The molecule has 0 aliphatic heterocycles. The van der Waals surface area contributed by atoms with E-state index in [1.807, 2.05) is 12.1 Å². The Kier molecular flexibility index (Phi) is 8.87. The van der Waals surface area contributed by atoms with Gasteiger partial charge in [-0.2, -0.15) is 0 Å². The van der Waals surface area contributed by atoms with E-state index in [1.54, 1.807) is 0 Å². The zero-order valence-corrected chi connectivity index (χ0v) is 32.9. The first-order valence-electron chi connectivity index (χ1n) is 20.5. The topological polar surface area (TPSA) is 16.4 Å². The van der Waals surface area contributed by atoms with Crippen molar-refractivity contribution in [3.05, 3.63) is 237 Å². The van der Waals surface area contributed by atoms with E-state index in [-0.39, 0.29) is 0 Å². The molecule has 0 saturated carbocycles. The number of hydrogen-bond acceptors (Lipinski definition) is 2. The van der Waals surface area contributed by atoms with Crippen molar-refractivity contribution in [3.8, 4) is 55.6 Å². The molecule has 11 rings (SSSR count). The maximum Gasteiger partial charge on any atom is 0.143 e. The lowest BCUT2D eigenvalue weighted by Crippen LogP contribution is -2.11. The van der Waals surface area contributed by atoms with Crippen LogP contribution in [-0.2, 0) is 0 Å². The first-order valence-corrected chi connectivity index (χ1v) is 20.5. The third-order valence-electron chi connectivity index (χ3n) is 11.7. The van der Waals surface area contributed by atoms with Crippen LogP contribution < -0.4 is 4.90 Å². The summed E-state index contributed by atoms with van der Waals surface area (Å²) in [5.74, 6) is 0. The molecule has 0 unspecified atom stereocenters. The lowest BCUT2D eigenvalue weighted by atomic mass is 9.96. The number of para-hydroxylation sites is 3. The summed E-state index contributed by atoms with van der Waals surface area (Å²) in [5.41, 5.74) is 16.7. The molecule has 0 fully saturated rings. The number of furan rings is 1. The minimum absolute atomic E-state index is 0.891. The first-order chi connectivity index (χ1) is 29.7. The van der Waals surface area contributed by atoms with E-state index in [2.05, 4.69) is 229 Å². The highest BCUT2D eigenvalue weighted by molar-refractivity contribution is 6.10. The maximum atomic E-state index is 6.59. The van der Waals surface area contributed by atoms with Gasteiger partial charge in [0.2, 0.25) is 0 Å². The van der Waals surface area contributed by atoms with E-state index < -0.39 is 0 Å². The van der Waals surface area contributed by atoms with Gasteiger partial charge in [0.05, 0.1) is 5.69 Å². The minimum atomic E-state index is 0.891. The van der Waals surface area contributed by atoms with Crippen molar-refractivity contribution in [2.45, 2.75) is 0 Å². The van der Waals surface area contributed by atoms with E-state index >= 15 is 0 Å². The van der Waals surface area contributed by atoms with E-state index in [1.165, 1.54) is 49.7 Å². The largest absolute Gasteiger partial charge is 0.455 e. The summed E-state index contributed by atoms with van der Waals surface area (Å²) in [6.45, 7) is 0. The molecule has 282 valence electrons. The van der Waals surface area contributed by atoms with Crippen LogP contribution in [-0.4, -0.2) is 0 Å². The highest BCUT2D eigenvalue weighted by Gasteiger charge is 2.20. The van der Waals surface area contributed by atoms with Crippen molar-refractivity contribution in [2.75, 3.05) is 4.90 Å². The third kappa shape index (κ3) is 6.51. The fourth-order valence-corrected chi connectivity index (χ4v) is 8.62. The molecule has 10 aromatic carbocycles. The molecule has 2 heteroatoms. The summed E-state index contributed by atoms with van der Waals surface area (Å²) in [6, 6.07) is 84.8. The molecule has 0 saturated heterocycles. The number of fused-ring (bicyclic) bond motifs is 4. The predicted octanol–water partition coefficient (Wildman–Crippen LogP) is 16.5. The van der Waals surface area contributed by atoms with E-state index in [0.717, 1.165) is 55.7 Å². The zero-order chi connectivity index (χ0) is 39.8. The zero-order valence-electron chi connectivity index (χ0n) is 32.9. The van der Waals surface area contributed by atoms with E-state index in [9.17, 15) is 0 Å². The van der Waals surface area contributed by atoms with Crippen LogP contribution in [0.25, 0.3) is 88.3 Å². The standard InChI is InChI=1S/C58H39NO/c1-2-12-40(13-3-1)42-24-26-43(27-25-42)44-30-34-50(35-31-44)59(56-22-8-6-18-52(56)54-20-11-21-55-53-19-7-9-23-57(53)60-58(54)55)51-36-32-45(33-37-51)47-16-10-17-48(38-47)49-29-28-41-14-4-5-15-46(41)39-49/h1-39H. The van der Waals surface area contributed by atoms with E-state index in [4.69, 9.17) is 4.42 Å². The highest BCUT2D eigenvalue weighted by atomic mass is 16.3. The van der Waals surface area contributed by atoms with Crippen LogP contribution in [0.1, 0.15) is 0 Å². The van der Waals surface area contributed by atoms with Crippen molar-refractivity contribution in [2.24, 2.45) is 0 Å². The maximum absolute atomic E-state index is 6.59. The van der Waals surface area contributed by atoms with Gasteiger partial charge >= 0.3 is 0 Å². The Morgan fingerprint density at radius 2 is 0.750 bits per heavy atom. The van der Waals surface area contributed by atoms with Crippen LogP contribution in [0.15, 0.2) is 241 Å². The van der Waals surface area contributed by atoms with Gasteiger partial charge in [-0.15, -0.1) is 0 Å². The predicted molar refractivity (Wildman–Crippen MR) is 253 cm³/mol. The molecule has 0 atom stereocenters. The average Bonchev–Trinajstić information content (AvgIpc) is 3.72. The monoisotopic (exact) mass is 765 g/mol. The Morgan fingerprint density at radius 1 is 0.283 bits per heavy atom. The van der Waals surface area contributed by atoms with Gasteiger partial charge in [-0.1, -0.05) is 188 Å². The van der Waals surface area contributed by atoms with Crippen LogP contribution in [0.5, 0.6) is 0 Å². The van der Waals surface area contributed by atoms with Crippen LogP contribution in [0.2, 0.25) is 0 Å². The summed E-state index contributed by atoms with van der Waals surface area (Å²) in [5, 5.41) is 4.73. The highest BCUT2D eigenvalue weighted by Crippen LogP contribution is 2.45. The molecule has 0 bridgehead atoms. The van der Waals surface area contributed by atoms with Gasteiger partial charge in [0.15, 0.2) is 0 Å². The van der Waals surface area contributed by atoms with Crippen LogP contribution >= 0.6 is 0 Å². The molecule has 1 heterocycles. The van der Waals surface area contributed by atoms with Crippen LogP contribution in [0.3, 0.4) is 0 Å². The molecule has 0 aliphatic carbocycles. The van der Waals surface area contributed by atoms with Gasteiger partial charge in [-0.3, -0.25) is 0 Å². The number of anilines is 3. The first kappa shape index (κ1) is 35.2. The molecule has 2 nitrogen and oxygen atoms in total. The summed E-state index contributed by atoms with van der Waals surface area (Å²) in [6.07, 6.45) is 0. The van der Waals surface area contributed by atoms with Crippen molar-refractivity contribution in [3.63, 3.8) is 0 Å². The number of hydrogen-bond donors (Lipinski definition) is 0. The van der Waals surface area contributed by atoms with Crippen LogP contribution in [0, 0.1) is 0 Å². The lowest BCUT2D eigenvalue weighted by molar-refractivity contribution is 0.670. The molecular formula is C58H39NO. The summed E-state index contributed by atoms with van der Waals surface area (Å²) >= 11 is 0. The summed E-state index contributed by atoms with van der Waals surface area (Å²) in [7, 11) is 0. The number of rotatable bonds is 8. The Morgan fingerprint density at radius 3 is 1.48 bits per heavy atom. The summed E-state index contributed by atoms with van der Waals surface area (Å²) in [4.78, 5) is 2.37. The van der Waals surface area contributed by atoms with Gasteiger partial charge in [0, 0.05) is 33.3 Å². The second kappa shape index (κ2) is 15.1. The second-order valence-electron chi connectivity index (χ2n) is 15.3. The lowest BCUT2D eigenvalue weighted by Gasteiger charge is -2.28. The van der Waals surface area contributed by atoms with Gasteiger partial charge in [0.1, 0.15) is 11.2 Å². The molecule has 0 aliphatic rings. The van der Waals surface area contributed by atoms with Crippen molar-refractivity contribution >= 4 is 49.8 Å². The van der Waals surface area contributed by atoms with Crippen molar-refractivity contribution < 1.29 is 4.42 Å². The van der Waals surface area contributed by atoms with Gasteiger partial charge in [-0.25, -0.2) is 0 Å². The smallest absolute Gasteiger partial charge is 0.143 e. The minimum Gasteiger partial charge on any atom is -0.455 e. The molecular weight excluding hydrogens is 727 g/mol. The normalized spacial score (nSPS) is 11.3. The Labute approximate surface area is 349 Å². The SMILES string of the molecule is c1ccc(-c2ccc(-c3ccc(N(c4ccc(-c5cccc(-c6ccc7ccccc7c6)c5)cc4)c4ccccc4-c4cccc5c4oc4ccccc45)cc3)cc2)cc1. The van der Waals surface area contributed by atoms with Gasteiger partial charge in [0.25, 0.3) is 0 Å². The van der Waals surface area contributed by atoms with Crippen LogP contribution in [0.4, 0.5) is 17.1 Å². The Bertz CT molecular complexity index is 3290. The molecule has 60 heavy (non-hydrogen) atoms. The van der Waals surface area contributed by atoms with Gasteiger partial charge < -0.3 is 9.32 Å². The van der Waals surface area contributed by atoms with Crippen molar-refractivity contribution in [1.29, 1.82) is 0 Å². The third-order valence-corrected chi connectivity index (χ3v) is 11.7. The number of nitrogens with zero attached hydrogens (tertiary/aromatic N) is 1. The fourth-order valence-electron chi connectivity index (χ4n) is 8.62. The molecule has 0 radical (unpaired) electrons. The quantitative estimate of drug-likeness (QED) is 0.153. The number of benzene rings is 10. The molecule has 0 spiro atoms.